The van der Waals surface area contributed by atoms with Crippen LogP contribution in [0.3, 0.4) is 0 Å². The molecule has 1 aromatic heterocycles. The highest BCUT2D eigenvalue weighted by Gasteiger charge is 2.10. The summed E-state index contributed by atoms with van der Waals surface area (Å²) >= 11 is 0. The molecule has 0 fully saturated rings. The van der Waals surface area contributed by atoms with E-state index in [0.29, 0.717) is 12.1 Å². The van der Waals surface area contributed by atoms with Gasteiger partial charge in [0.2, 0.25) is 5.91 Å². The molecule has 0 spiro atoms. The molecular weight excluding hydrogens is 309 g/mol. The van der Waals surface area contributed by atoms with Crippen LogP contribution >= 0.6 is 0 Å². The lowest BCUT2D eigenvalue weighted by molar-refractivity contribution is -0.125. The summed E-state index contributed by atoms with van der Waals surface area (Å²) in [6.07, 6.45) is 3.28. The molecule has 0 aliphatic carbocycles. The van der Waals surface area contributed by atoms with Crippen LogP contribution in [0.15, 0.2) is 24.3 Å². The van der Waals surface area contributed by atoms with Gasteiger partial charge in [-0.3, -0.25) is 9.48 Å². The molecule has 0 saturated carbocycles. The van der Waals surface area contributed by atoms with Gasteiger partial charge in [-0.25, -0.2) is 4.39 Å². The quantitative estimate of drug-likeness (QED) is 0.792. The van der Waals surface area contributed by atoms with E-state index >= 15 is 0 Å². The minimum atomic E-state index is -0.437. The maximum Gasteiger partial charge on any atom is 0.246 e. The van der Waals surface area contributed by atoms with Crippen molar-refractivity contribution in [2.24, 2.45) is 7.05 Å². The zero-order valence-corrected chi connectivity index (χ0v) is 14.6. The van der Waals surface area contributed by atoms with E-state index in [1.165, 1.54) is 24.2 Å². The maximum absolute atomic E-state index is 13.7. The minimum absolute atomic E-state index is 0.158. The summed E-state index contributed by atoms with van der Waals surface area (Å²) in [7, 11) is 4.96. The second-order valence-corrected chi connectivity index (χ2v) is 5.70. The van der Waals surface area contributed by atoms with Crippen LogP contribution < -0.4 is 4.74 Å². The molecule has 0 bridgehead atoms. The summed E-state index contributed by atoms with van der Waals surface area (Å²) in [5.74, 6) is -0.406. The number of rotatable bonds is 5. The Kier molecular flexibility index (Phi) is 5.39. The molecule has 128 valence electrons. The number of hydrogen-bond acceptors (Lipinski definition) is 3. The van der Waals surface area contributed by atoms with Gasteiger partial charge in [0.1, 0.15) is 0 Å². The summed E-state index contributed by atoms with van der Waals surface area (Å²) < 4.78 is 20.4. The Morgan fingerprint density at radius 1 is 1.42 bits per heavy atom. The third kappa shape index (κ3) is 3.82. The number of aryl methyl sites for hydroxylation is 2. The van der Waals surface area contributed by atoms with E-state index in [1.807, 2.05) is 20.9 Å². The van der Waals surface area contributed by atoms with Crippen molar-refractivity contribution in [2.45, 2.75) is 20.4 Å². The lowest BCUT2D eigenvalue weighted by Gasteiger charge is -2.15. The van der Waals surface area contributed by atoms with E-state index in [1.54, 1.807) is 29.9 Å². The van der Waals surface area contributed by atoms with Crippen LogP contribution in [0.5, 0.6) is 5.75 Å². The number of likely N-dealkylation sites (N-methyl/N-ethyl adjacent to an activating group) is 1. The van der Waals surface area contributed by atoms with Gasteiger partial charge in [0.15, 0.2) is 11.6 Å². The summed E-state index contributed by atoms with van der Waals surface area (Å²) in [4.78, 5) is 13.8. The van der Waals surface area contributed by atoms with Crippen LogP contribution in [0.2, 0.25) is 0 Å². The molecular formula is C18H22FN3O2. The number of ether oxygens (including phenoxy) is 1. The molecule has 0 aliphatic rings. The first-order valence-corrected chi connectivity index (χ1v) is 7.59. The summed E-state index contributed by atoms with van der Waals surface area (Å²) in [6, 6.07) is 4.67. The third-order valence-corrected chi connectivity index (χ3v) is 3.97. The molecule has 1 aromatic carbocycles. The van der Waals surface area contributed by atoms with Gasteiger partial charge in [-0.15, -0.1) is 0 Å². The van der Waals surface area contributed by atoms with Crippen molar-refractivity contribution in [1.29, 1.82) is 0 Å². The summed E-state index contributed by atoms with van der Waals surface area (Å²) in [5, 5.41) is 4.31. The van der Waals surface area contributed by atoms with Gasteiger partial charge in [-0.1, -0.05) is 6.07 Å². The first-order valence-electron chi connectivity index (χ1n) is 7.59. The molecule has 0 N–H and O–H groups in total. The van der Waals surface area contributed by atoms with Gasteiger partial charge in [-0.2, -0.15) is 5.10 Å². The average Bonchev–Trinajstić information content (AvgIpc) is 2.78. The van der Waals surface area contributed by atoms with Crippen molar-refractivity contribution < 1.29 is 13.9 Å². The Morgan fingerprint density at radius 2 is 2.12 bits per heavy atom. The van der Waals surface area contributed by atoms with Crippen LogP contribution in [0.4, 0.5) is 4.39 Å². The molecule has 0 radical (unpaired) electrons. The number of benzene rings is 1. The van der Waals surface area contributed by atoms with Gasteiger partial charge in [-0.05, 0) is 37.6 Å². The number of halogens is 1. The lowest BCUT2D eigenvalue weighted by atomic mass is 10.1. The molecule has 0 saturated heterocycles. The van der Waals surface area contributed by atoms with Gasteiger partial charge in [0.05, 0.1) is 12.8 Å². The Hall–Kier alpha value is -2.63. The first-order chi connectivity index (χ1) is 11.3. The molecule has 6 heteroatoms. The van der Waals surface area contributed by atoms with Crippen LogP contribution in [0.25, 0.3) is 6.08 Å². The molecule has 2 rings (SSSR count). The highest BCUT2D eigenvalue weighted by atomic mass is 19.1. The average molecular weight is 331 g/mol. The normalized spacial score (nSPS) is 11.1. The van der Waals surface area contributed by atoms with Crippen LogP contribution in [-0.4, -0.2) is 34.7 Å². The Labute approximate surface area is 141 Å². The zero-order valence-electron chi connectivity index (χ0n) is 14.6. The van der Waals surface area contributed by atoms with E-state index in [2.05, 4.69) is 5.10 Å². The Balaban J connectivity index is 2.07. The van der Waals surface area contributed by atoms with Crippen molar-refractivity contribution >= 4 is 12.0 Å². The number of aromatic nitrogens is 2. The molecule has 0 atom stereocenters. The van der Waals surface area contributed by atoms with Crippen LogP contribution in [0.1, 0.15) is 22.5 Å². The SMILES string of the molecule is COc1ccc(CN(C)C(=O)/C=C/c2c(C)nn(C)c2C)cc1F. The molecule has 5 nitrogen and oxygen atoms in total. The van der Waals surface area contributed by atoms with E-state index < -0.39 is 5.82 Å². The molecule has 1 amide bonds. The maximum atomic E-state index is 13.7. The number of hydrogen-bond donors (Lipinski definition) is 0. The number of carbonyl (C=O) groups is 1. The van der Waals surface area contributed by atoms with Crippen molar-refractivity contribution in [3.05, 3.63) is 52.6 Å². The molecule has 1 heterocycles. The van der Waals surface area contributed by atoms with Crippen molar-refractivity contribution in [3.63, 3.8) is 0 Å². The van der Waals surface area contributed by atoms with Crippen molar-refractivity contribution in [1.82, 2.24) is 14.7 Å². The number of nitrogens with zero attached hydrogens (tertiary/aromatic N) is 3. The minimum Gasteiger partial charge on any atom is -0.494 e. The van der Waals surface area contributed by atoms with E-state index in [9.17, 15) is 9.18 Å². The van der Waals surface area contributed by atoms with Crippen molar-refractivity contribution in [2.75, 3.05) is 14.2 Å². The smallest absolute Gasteiger partial charge is 0.246 e. The molecule has 24 heavy (non-hydrogen) atoms. The highest BCUT2D eigenvalue weighted by molar-refractivity contribution is 5.91. The predicted octanol–water partition coefficient (Wildman–Crippen LogP) is 2.86. The monoisotopic (exact) mass is 331 g/mol. The topological polar surface area (TPSA) is 47.4 Å². The largest absolute Gasteiger partial charge is 0.494 e. The molecule has 0 aliphatic heterocycles. The Morgan fingerprint density at radius 3 is 2.67 bits per heavy atom. The van der Waals surface area contributed by atoms with Crippen LogP contribution in [-0.2, 0) is 18.4 Å². The van der Waals surface area contributed by atoms with Gasteiger partial charge in [0.25, 0.3) is 0 Å². The van der Waals surface area contributed by atoms with E-state index in [-0.39, 0.29) is 11.7 Å². The number of amides is 1. The number of methoxy groups -OCH3 is 1. The highest BCUT2D eigenvalue weighted by Crippen LogP contribution is 2.19. The fraction of sp³-hybridized carbons (Fsp3) is 0.333. The summed E-state index contributed by atoms with van der Waals surface area (Å²) in [5.41, 5.74) is 3.51. The zero-order chi connectivity index (χ0) is 17.9. The standard InChI is InChI=1S/C18H22FN3O2/c1-12-15(13(2)22(4)20-12)7-9-18(23)21(3)11-14-6-8-17(24-5)16(19)10-14/h6-10H,11H2,1-5H3/b9-7+. The lowest BCUT2D eigenvalue weighted by Crippen LogP contribution is -2.24. The Bertz CT molecular complexity index is 781. The molecule has 0 unspecified atom stereocenters. The first kappa shape index (κ1) is 17.7. The van der Waals surface area contributed by atoms with E-state index in [0.717, 1.165) is 17.0 Å². The third-order valence-electron chi connectivity index (χ3n) is 3.97. The molecule has 2 aromatic rings. The van der Waals surface area contributed by atoms with Gasteiger partial charge >= 0.3 is 0 Å². The summed E-state index contributed by atoms with van der Waals surface area (Å²) in [6.45, 7) is 4.17. The fourth-order valence-corrected chi connectivity index (χ4v) is 2.47. The second-order valence-electron chi connectivity index (χ2n) is 5.70. The van der Waals surface area contributed by atoms with Crippen LogP contribution in [0, 0.1) is 19.7 Å². The second kappa shape index (κ2) is 7.29. The predicted molar refractivity (Wildman–Crippen MR) is 91.1 cm³/mol. The van der Waals surface area contributed by atoms with Gasteiger partial charge in [0, 0.05) is 38.0 Å². The van der Waals surface area contributed by atoms with Gasteiger partial charge < -0.3 is 9.64 Å². The fourth-order valence-electron chi connectivity index (χ4n) is 2.47. The van der Waals surface area contributed by atoms with Crippen molar-refractivity contribution in [3.8, 4) is 5.75 Å². The number of carbonyl (C=O) groups excluding carboxylic acids is 1. The van der Waals surface area contributed by atoms with E-state index in [4.69, 9.17) is 4.74 Å².